The first kappa shape index (κ1) is 18.7. The molecule has 0 N–H and O–H groups in total. The van der Waals surface area contributed by atoms with Gasteiger partial charge in [0.1, 0.15) is 18.7 Å². The molecule has 2 unspecified atom stereocenters. The maximum absolute atomic E-state index is 13.8. The summed E-state index contributed by atoms with van der Waals surface area (Å²) < 4.78 is 22.3. The lowest BCUT2D eigenvalue weighted by atomic mass is 10.1. The highest BCUT2D eigenvalue weighted by molar-refractivity contribution is 5.68. The molecule has 2 aliphatic rings. The van der Waals surface area contributed by atoms with E-state index in [0.29, 0.717) is 40.3 Å². The summed E-state index contributed by atoms with van der Waals surface area (Å²) in [6, 6.07) is 4.70. The van der Waals surface area contributed by atoms with Gasteiger partial charge in [0, 0.05) is 37.3 Å². The number of rotatable bonds is 4. The van der Waals surface area contributed by atoms with Gasteiger partial charge in [-0.3, -0.25) is 9.36 Å². The van der Waals surface area contributed by atoms with Gasteiger partial charge >= 0.3 is 0 Å². The van der Waals surface area contributed by atoms with Crippen LogP contribution in [0.4, 0.5) is 10.1 Å². The molecule has 1 aliphatic heterocycles. The van der Waals surface area contributed by atoms with Gasteiger partial charge in [-0.25, -0.2) is 14.4 Å². The van der Waals surface area contributed by atoms with Crippen molar-refractivity contribution < 1.29 is 8.91 Å². The quantitative estimate of drug-likeness (QED) is 0.452. The maximum Gasteiger partial charge on any atom is 0.280 e. The molecule has 6 rings (SSSR count). The van der Waals surface area contributed by atoms with E-state index in [0.717, 1.165) is 18.8 Å². The zero-order valence-corrected chi connectivity index (χ0v) is 17.1. The Balaban J connectivity index is 1.16. The van der Waals surface area contributed by atoms with Crippen LogP contribution in [0, 0.1) is 30.0 Å². The molecule has 2 atom stereocenters. The molecule has 1 saturated carbocycles. The smallest absolute Gasteiger partial charge is 0.280 e. The molecule has 1 saturated heterocycles. The summed E-state index contributed by atoms with van der Waals surface area (Å²) in [6.45, 7) is 1.71. The Morgan fingerprint density at radius 2 is 2.00 bits per heavy atom. The molecule has 2 fully saturated rings. The fraction of sp³-hybridized carbons (Fsp3) is 0.318. The van der Waals surface area contributed by atoms with E-state index in [9.17, 15) is 9.18 Å². The Hall–Kier alpha value is -4.00. The van der Waals surface area contributed by atoms with Crippen molar-refractivity contribution >= 4 is 16.9 Å². The average Bonchev–Trinajstić information content (AvgIpc) is 3.20. The number of hydrogen-bond acceptors (Lipinski definition) is 7. The molecule has 4 aromatic rings. The van der Waals surface area contributed by atoms with Crippen LogP contribution in [0.3, 0.4) is 0 Å². The SMILES string of the molecule is C#Cc1cc(F)cc(N2CC3C(C2)C3c2noc(Cn3cnc4ncn(C)c4c3=O)n2)c1. The van der Waals surface area contributed by atoms with Crippen molar-refractivity contribution in [3.05, 3.63) is 64.3 Å². The summed E-state index contributed by atoms with van der Waals surface area (Å²) in [6.07, 6.45) is 8.42. The molecule has 32 heavy (non-hydrogen) atoms. The number of nitrogens with zero attached hydrogens (tertiary/aromatic N) is 7. The average molecular weight is 431 g/mol. The Kier molecular flexibility index (Phi) is 3.95. The van der Waals surface area contributed by atoms with E-state index < -0.39 is 0 Å². The van der Waals surface area contributed by atoms with E-state index in [4.69, 9.17) is 10.9 Å². The lowest BCUT2D eigenvalue weighted by Gasteiger charge is -2.21. The van der Waals surface area contributed by atoms with Gasteiger partial charge in [0.25, 0.3) is 5.56 Å². The Morgan fingerprint density at radius 3 is 2.78 bits per heavy atom. The Morgan fingerprint density at radius 1 is 1.22 bits per heavy atom. The second-order valence-electron chi connectivity index (χ2n) is 8.35. The second kappa shape index (κ2) is 6.75. The lowest BCUT2D eigenvalue weighted by Crippen LogP contribution is -2.24. The molecule has 4 heterocycles. The van der Waals surface area contributed by atoms with Gasteiger partial charge in [0.15, 0.2) is 17.0 Å². The first-order chi connectivity index (χ1) is 15.5. The van der Waals surface area contributed by atoms with Crippen LogP contribution in [0.5, 0.6) is 0 Å². The van der Waals surface area contributed by atoms with Gasteiger partial charge in [-0.05, 0) is 30.0 Å². The van der Waals surface area contributed by atoms with Crippen LogP contribution < -0.4 is 10.5 Å². The molecule has 9 nitrogen and oxygen atoms in total. The third kappa shape index (κ3) is 2.89. The van der Waals surface area contributed by atoms with Crippen molar-refractivity contribution in [1.29, 1.82) is 0 Å². The van der Waals surface area contributed by atoms with Crippen molar-refractivity contribution in [2.45, 2.75) is 12.5 Å². The molecule has 0 spiro atoms. The minimum Gasteiger partial charge on any atom is -0.371 e. The second-order valence-corrected chi connectivity index (χ2v) is 8.35. The highest BCUT2D eigenvalue weighted by Gasteiger charge is 2.58. The number of aryl methyl sites for hydroxylation is 1. The predicted molar refractivity (Wildman–Crippen MR) is 112 cm³/mol. The van der Waals surface area contributed by atoms with Crippen molar-refractivity contribution in [1.82, 2.24) is 29.2 Å². The number of imidazole rings is 1. The standard InChI is InChI=1S/C22H18FN7O2/c1-3-12-4-13(23)6-14(5-12)29-7-15-16(8-29)18(15)20-26-17(32-27-20)9-30-11-25-21-19(22(30)31)28(2)10-24-21/h1,4-6,10-11,15-16,18H,7-9H2,2H3. The fourth-order valence-corrected chi connectivity index (χ4v) is 4.76. The number of anilines is 1. The number of piperidine rings is 1. The maximum atomic E-state index is 13.8. The topological polar surface area (TPSA) is 94.9 Å². The van der Waals surface area contributed by atoms with Crippen molar-refractivity contribution in [2.24, 2.45) is 18.9 Å². The normalized spacial score (nSPS) is 21.7. The number of fused-ring (bicyclic) bond motifs is 2. The molecule has 0 bridgehead atoms. The zero-order chi connectivity index (χ0) is 22.0. The summed E-state index contributed by atoms with van der Waals surface area (Å²) in [4.78, 5) is 27.7. The monoisotopic (exact) mass is 431 g/mol. The van der Waals surface area contributed by atoms with Crippen LogP contribution in [-0.4, -0.2) is 42.3 Å². The largest absolute Gasteiger partial charge is 0.371 e. The summed E-state index contributed by atoms with van der Waals surface area (Å²) in [7, 11) is 1.75. The van der Waals surface area contributed by atoms with Crippen molar-refractivity contribution in [2.75, 3.05) is 18.0 Å². The number of aromatic nitrogens is 6. The van der Waals surface area contributed by atoms with E-state index in [1.165, 1.54) is 23.0 Å². The van der Waals surface area contributed by atoms with E-state index in [2.05, 4.69) is 30.9 Å². The van der Waals surface area contributed by atoms with Gasteiger partial charge in [-0.15, -0.1) is 6.42 Å². The predicted octanol–water partition coefficient (Wildman–Crippen LogP) is 1.53. The summed E-state index contributed by atoms with van der Waals surface area (Å²) >= 11 is 0. The Labute approximate surface area is 181 Å². The summed E-state index contributed by atoms with van der Waals surface area (Å²) in [5, 5.41) is 4.15. The van der Waals surface area contributed by atoms with Crippen LogP contribution in [-0.2, 0) is 13.6 Å². The van der Waals surface area contributed by atoms with Gasteiger partial charge in [-0.2, -0.15) is 4.98 Å². The molecule has 0 amide bonds. The number of hydrogen-bond donors (Lipinski definition) is 0. The number of terminal acetylenes is 1. The molecule has 3 aromatic heterocycles. The van der Waals surface area contributed by atoms with E-state index in [-0.39, 0.29) is 23.8 Å². The Bertz CT molecular complexity index is 1450. The third-order valence-electron chi connectivity index (χ3n) is 6.40. The zero-order valence-electron chi connectivity index (χ0n) is 17.1. The van der Waals surface area contributed by atoms with E-state index in [1.807, 2.05) is 6.07 Å². The van der Waals surface area contributed by atoms with Crippen LogP contribution in [0.1, 0.15) is 23.2 Å². The highest BCUT2D eigenvalue weighted by Crippen LogP contribution is 2.57. The molecular formula is C22H18FN7O2. The lowest BCUT2D eigenvalue weighted by molar-refractivity contribution is 0.363. The van der Waals surface area contributed by atoms with Crippen molar-refractivity contribution in [3.63, 3.8) is 0 Å². The van der Waals surface area contributed by atoms with E-state index in [1.54, 1.807) is 17.9 Å². The van der Waals surface area contributed by atoms with Gasteiger partial charge < -0.3 is 14.0 Å². The van der Waals surface area contributed by atoms with Crippen LogP contribution in [0.15, 0.2) is 40.2 Å². The molecular weight excluding hydrogens is 413 g/mol. The van der Waals surface area contributed by atoms with Crippen molar-refractivity contribution in [3.8, 4) is 12.3 Å². The van der Waals surface area contributed by atoms with Crippen LogP contribution in [0.2, 0.25) is 0 Å². The van der Waals surface area contributed by atoms with Gasteiger partial charge in [0.2, 0.25) is 5.89 Å². The number of benzene rings is 1. The van der Waals surface area contributed by atoms with Crippen LogP contribution >= 0.6 is 0 Å². The molecule has 160 valence electrons. The third-order valence-corrected chi connectivity index (χ3v) is 6.40. The van der Waals surface area contributed by atoms with Gasteiger partial charge in [0.05, 0.1) is 6.33 Å². The molecule has 1 aliphatic carbocycles. The minimum absolute atomic E-state index is 0.145. The molecule has 10 heteroatoms. The van der Waals surface area contributed by atoms with Gasteiger partial charge in [-0.1, -0.05) is 11.1 Å². The fourth-order valence-electron chi connectivity index (χ4n) is 4.76. The van der Waals surface area contributed by atoms with Crippen LogP contribution in [0.25, 0.3) is 11.2 Å². The molecule has 1 aromatic carbocycles. The minimum atomic E-state index is -0.329. The summed E-state index contributed by atoms with van der Waals surface area (Å²) in [5.41, 5.74) is 1.96. The molecule has 0 radical (unpaired) electrons. The van der Waals surface area contributed by atoms with E-state index >= 15 is 0 Å². The first-order valence-electron chi connectivity index (χ1n) is 10.2. The summed E-state index contributed by atoms with van der Waals surface area (Å²) in [5.74, 6) is 4.15. The highest BCUT2D eigenvalue weighted by atomic mass is 19.1. The first-order valence-corrected chi connectivity index (χ1v) is 10.2. The number of halogens is 1.